The Balaban J connectivity index is 1.81. The Bertz CT molecular complexity index is 1250. The van der Waals surface area contributed by atoms with Gasteiger partial charge in [0, 0.05) is 41.5 Å². The number of carboxylic acids is 1. The number of likely N-dealkylation sites (tertiary alicyclic amines) is 1. The van der Waals surface area contributed by atoms with Gasteiger partial charge in [-0.05, 0) is 61.1 Å². The van der Waals surface area contributed by atoms with Gasteiger partial charge in [-0.1, -0.05) is 54.4 Å². The van der Waals surface area contributed by atoms with Gasteiger partial charge in [-0.25, -0.2) is 12.7 Å². The molecular formula is C27H32Cl2N2O5S. The Morgan fingerprint density at radius 2 is 1.78 bits per heavy atom. The van der Waals surface area contributed by atoms with Crippen molar-refractivity contribution >= 4 is 45.1 Å². The van der Waals surface area contributed by atoms with Gasteiger partial charge in [0.2, 0.25) is 15.9 Å². The van der Waals surface area contributed by atoms with Crippen molar-refractivity contribution in [2.45, 2.75) is 62.3 Å². The van der Waals surface area contributed by atoms with E-state index in [2.05, 4.69) is 0 Å². The summed E-state index contributed by atoms with van der Waals surface area (Å²) in [5, 5.41) is 10.4. The highest BCUT2D eigenvalue weighted by molar-refractivity contribution is 7.90. The molecule has 200 valence electrons. The number of benzene rings is 2. The largest absolute Gasteiger partial charge is 0.481 e. The van der Waals surface area contributed by atoms with E-state index in [0.29, 0.717) is 35.7 Å². The third-order valence-corrected chi connectivity index (χ3v) is 10.3. The molecule has 4 rings (SSSR count). The molecule has 1 amide bonds. The highest BCUT2D eigenvalue weighted by Crippen LogP contribution is 2.48. The number of carboxylic acid groups (broad SMARTS) is 1. The van der Waals surface area contributed by atoms with Crippen LogP contribution < -0.4 is 0 Å². The minimum absolute atomic E-state index is 0.132. The molecule has 0 aromatic heterocycles. The molecule has 2 aromatic carbocycles. The van der Waals surface area contributed by atoms with Crippen LogP contribution >= 0.6 is 23.2 Å². The van der Waals surface area contributed by atoms with E-state index in [-0.39, 0.29) is 30.0 Å². The van der Waals surface area contributed by atoms with Gasteiger partial charge in [-0.15, -0.1) is 0 Å². The van der Waals surface area contributed by atoms with Gasteiger partial charge in [0.1, 0.15) is 0 Å². The van der Waals surface area contributed by atoms with E-state index in [0.717, 1.165) is 11.1 Å². The van der Waals surface area contributed by atoms with E-state index in [1.54, 1.807) is 30.1 Å². The second kappa shape index (κ2) is 11.3. The van der Waals surface area contributed by atoms with Gasteiger partial charge in [0.25, 0.3) is 0 Å². The van der Waals surface area contributed by atoms with Gasteiger partial charge in [-0.2, -0.15) is 0 Å². The Morgan fingerprint density at radius 3 is 2.35 bits per heavy atom. The molecule has 2 aromatic rings. The van der Waals surface area contributed by atoms with Crippen LogP contribution in [0.5, 0.6) is 0 Å². The summed E-state index contributed by atoms with van der Waals surface area (Å²) in [6.07, 6.45) is 1.84. The van der Waals surface area contributed by atoms with E-state index in [4.69, 9.17) is 23.2 Å². The maximum Gasteiger partial charge on any atom is 0.304 e. The zero-order valence-electron chi connectivity index (χ0n) is 20.9. The predicted molar refractivity (Wildman–Crippen MR) is 144 cm³/mol. The zero-order chi connectivity index (χ0) is 26.9. The molecule has 1 aliphatic heterocycles. The first-order valence-corrected chi connectivity index (χ1v) is 14.8. The van der Waals surface area contributed by atoms with Crippen molar-refractivity contribution in [1.82, 2.24) is 9.21 Å². The molecule has 2 aliphatic rings. The summed E-state index contributed by atoms with van der Waals surface area (Å²) in [7, 11) is -1.89. The molecule has 0 bridgehead atoms. The second-order valence-corrected chi connectivity index (χ2v) is 13.2. The van der Waals surface area contributed by atoms with Crippen LogP contribution in [0.15, 0.2) is 48.5 Å². The highest BCUT2D eigenvalue weighted by Gasteiger charge is 2.47. The van der Waals surface area contributed by atoms with Crippen LogP contribution in [0.25, 0.3) is 0 Å². The summed E-state index contributed by atoms with van der Waals surface area (Å²) in [5.41, 5.74) is 1.75. The monoisotopic (exact) mass is 566 g/mol. The lowest BCUT2D eigenvalue weighted by Crippen LogP contribution is -2.55. The molecule has 0 spiro atoms. The van der Waals surface area contributed by atoms with Crippen LogP contribution in [0.2, 0.25) is 10.0 Å². The maximum atomic E-state index is 14.0. The van der Waals surface area contributed by atoms with Crippen LogP contribution in [-0.4, -0.2) is 59.5 Å². The van der Waals surface area contributed by atoms with Gasteiger partial charge in [0.15, 0.2) is 0 Å². The van der Waals surface area contributed by atoms with Crippen molar-refractivity contribution in [3.8, 4) is 0 Å². The van der Waals surface area contributed by atoms with E-state index < -0.39 is 34.0 Å². The van der Waals surface area contributed by atoms with Gasteiger partial charge < -0.3 is 10.0 Å². The summed E-state index contributed by atoms with van der Waals surface area (Å²) >= 11 is 12.5. The highest BCUT2D eigenvalue weighted by atomic mass is 35.5. The number of nitrogens with zero attached hydrogens (tertiary/aromatic N) is 2. The molecule has 4 atom stereocenters. The number of likely N-dealkylation sites (N-methyl/N-ethyl adjacent to an activating group) is 1. The lowest BCUT2D eigenvalue weighted by molar-refractivity contribution is -0.152. The first-order valence-electron chi connectivity index (χ1n) is 12.5. The quantitative estimate of drug-likeness (QED) is 0.418. The molecule has 1 N–H and O–H groups in total. The Hall–Kier alpha value is -2.13. The molecule has 1 saturated heterocycles. The summed E-state index contributed by atoms with van der Waals surface area (Å²) < 4.78 is 27.3. The molecular weight excluding hydrogens is 535 g/mol. The number of hydrogen-bond donors (Lipinski definition) is 1. The molecule has 10 heteroatoms. The molecule has 3 unspecified atom stereocenters. The van der Waals surface area contributed by atoms with Crippen molar-refractivity contribution in [3.63, 3.8) is 0 Å². The third-order valence-electron chi connectivity index (χ3n) is 7.44. The number of rotatable bonds is 10. The number of aliphatic carboxylic acids is 1. The minimum Gasteiger partial charge on any atom is -0.481 e. The fraction of sp³-hybridized carbons (Fsp3) is 0.481. The molecule has 0 radical (unpaired) electrons. The summed E-state index contributed by atoms with van der Waals surface area (Å²) in [5.74, 6) is -2.31. The first-order chi connectivity index (χ1) is 17.5. The summed E-state index contributed by atoms with van der Waals surface area (Å²) in [6, 6.07) is 13.8. The summed E-state index contributed by atoms with van der Waals surface area (Å²) in [6.45, 7) is 2.05. The topological polar surface area (TPSA) is 95.0 Å². The predicted octanol–water partition coefficient (Wildman–Crippen LogP) is 5.34. The standard InChI is InChI=1S/C27H32Cl2N2O5S/c1-3-22(16-30(2)37(35,36)23-11-12-23)31-26(17-7-9-20(28)10-8-17)24(18-5-4-6-21(29)13-18)14-19(27(31)34)15-25(32)33/h4-10,13,19,22-24,26H,3,11-12,14-16H2,1-2H3,(H,32,33)/t19-,22?,24?,26?/m0/s1. The van der Waals surface area contributed by atoms with E-state index in [1.807, 2.05) is 37.3 Å². The number of sulfonamides is 1. The van der Waals surface area contributed by atoms with Crippen LogP contribution in [-0.2, 0) is 19.6 Å². The number of halogens is 2. The number of carbonyl (C=O) groups is 2. The number of carbonyl (C=O) groups excluding carboxylic acids is 1. The van der Waals surface area contributed by atoms with Gasteiger partial charge >= 0.3 is 5.97 Å². The minimum atomic E-state index is -3.45. The fourth-order valence-electron chi connectivity index (χ4n) is 5.41. The Morgan fingerprint density at radius 1 is 1.11 bits per heavy atom. The van der Waals surface area contributed by atoms with Gasteiger partial charge in [0.05, 0.1) is 17.7 Å². The van der Waals surface area contributed by atoms with E-state index in [9.17, 15) is 23.1 Å². The van der Waals surface area contributed by atoms with Crippen LogP contribution in [0, 0.1) is 5.92 Å². The third kappa shape index (κ3) is 6.14. The SMILES string of the molecule is CCC(CN(C)S(=O)(=O)C1CC1)N1C(=O)[C@H](CC(=O)O)CC(c2cccc(Cl)c2)C1c1ccc(Cl)cc1. The average molecular weight is 568 g/mol. The summed E-state index contributed by atoms with van der Waals surface area (Å²) in [4.78, 5) is 27.5. The number of amides is 1. The van der Waals surface area contributed by atoms with Gasteiger partial charge in [-0.3, -0.25) is 9.59 Å². The second-order valence-electron chi connectivity index (χ2n) is 10.0. The Kier molecular flexibility index (Phi) is 8.53. The lowest BCUT2D eigenvalue weighted by atomic mass is 9.74. The van der Waals surface area contributed by atoms with E-state index in [1.165, 1.54) is 4.31 Å². The normalized spacial score (nSPS) is 23.3. The van der Waals surface area contributed by atoms with Crippen molar-refractivity contribution in [3.05, 3.63) is 69.7 Å². The molecule has 2 fully saturated rings. The fourth-order valence-corrected chi connectivity index (χ4v) is 7.36. The van der Waals surface area contributed by atoms with Crippen molar-refractivity contribution in [2.24, 2.45) is 5.92 Å². The zero-order valence-corrected chi connectivity index (χ0v) is 23.2. The number of hydrogen-bond acceptors (Lipinski definition) is 4. The molecule has 37 heavy (non-hydrogen) atoms. The average Bonchev–Trinajstić information content (AvgIpc) is 3.70. The maximum absolute atomic E-state index is 14.0. The molecule has 1 saturated carbocycles. The number of piperidine rings is 1. The van der Waals surface area contributed by atoms with Crippen LogP contribution in [0.4, 0.5) is 0 Å². The van der Waals surface area contributed by atoms with Crippen molar-refractivity contribution in [2.75, 3.05) is 13.6 Å². The Labute approximate surface area is 228 Å². The van der Waals surface area contributed by atoms with Crippen molar-refractivity contribution in [1.29, 1.82) is 0 Å². The van der Waals surface area contributed by atoms with Crippen molar-refractivity contribution < 1.29 is 23.1 Å². The molecule has 7 nitrogen and oxygen atoms in total. The smallest absolute Gasteiger partial charge is 0.304 e. The lowest BCUT2D eigenvalue weighted by Gasteiger charge is -2.49. The first kappa shape index (κ1) is 27.9. The van der Waals surface area contributed by atoms with Crippen LogP contribution in [0.3, 0.4) is 0 Å². The van der Waals surface area contributed by atoms with E-state index >= 15 is 0 Å². The molecule has 1 aliphatic carbocycles. The molecule has 1 heterocycles. The van der Waals surface area contributed by atoms with Crippen LogP contribution in [0.1, 0.15) is 62.1 Å².